The van der Waals surface area contributed by atoms with Crippen molar-refractivity contribution in [2.45, 2.75) is 25.9 Å². The summed E-state index contributed by atoms with van der Waals surface area (Å²) in [6.07, 6.45) is 2.57. The first-order valence-electron chi connectivity index (χ1n) is 6.70. The van der Waals surface area contributed by atoms with Crippen LogP contribution in [0.15, 0.2) is 36.4 Å². The summed E-state index contributed by atoms with van der Waals surface area (Å²) in [5, 5.41) is 5.94. The molecule has 1 fully saturated rings. The summed E-state index contributed by atoms with van der Waals surface area (Å²) in [5.74, 6) is 1.04. The van der Waals surface area contributed by atoms with E-state index in [1.807, 2.05) is 0 Å². The molecule has 0 aromatic heterocycles. The number of fused-ring (bicyclic) bond motifs is 1. The molecule has 0 atom stereocenters. The van der Waals surface area contributed by atoms with Gasteiger partial charge in [0.2, 0.25) is 0 Å². The second-order valence-electron chi connectivity index (χ2n) is 4.98. The van der Waals surface area contributed by atoms with Crippen LogP contribution in [0.1, 0.15) is 18.4 Å². The maximum Gasteiger partial charge on any atom is 0.123 e. The number of piperidine rings is 1. The van der Waals surface area contributed by atoms with Gasteiger partial charge in [-0.15, -0.1) is 12.4 Å². The number of benzene rings is 2. The van der Waals surface area contributed by atoms with E-state index in [1.165, 1.54) is 16.3 Å². The van der Waals surface area contributed by atoms with Crippen LogP contribution >= 0.6 is 12.4 Å². The quantitative estimate of drug-likeness (QED) is 0.904. The third-order valence-electron chi connectivity index (χ3n) is 3.73. The number of aryl methyl sites for hydroxylation is 1. The van der Waals surface area contributed by atoms with Gasteiger partial charge in [-0.2, -0.15) is 0 Å². The molecule has 0 aliphatic carbocycles. The molecule has 0 unspecified atom stereocenters. The maximum atomic E-state index is 6.15. The molecule has 1 aliphatic heterocycles. The molecule has 2 aromatic rings. The van der Waals surface area contributed by atoms with Gasteiger partial charge >= 0.3 is 0 Å². The Balaban J connectivity index is 0.00000133. The zero-order valence-electron chi connectivity index (χ0n) is 11.2. The van der Waals surface area contributed by atoms with Gasteiger partial charge in [0.1, 0.15) is 11.9 Å². The minimum atomic E-state index is 0. The van der Waals surface area contributed by atoms with Crippen LogP contribution in [0, 0.1) is 6.92 Å². The summed E-state index contributed by atoms with van der Waals surface area (Å²) >= 11 is 0. The number of halogens is 1. The number of hydrogen-bond acceptors (Lipinski definition) is 2. The SMILES string of the molecule is Cc1c(OC2CCNCC2)ccc2ccccc12.Cl. The van der Waals surface area contributed by atoms with Crippen LogP contribution in [-0.2, 0) is 0 Å². The third-order valence-corrected chi connectivity index (χ3v) is 3.73. The summed E-state index contributed by atoms with van der Waals surface area (Å²) in [4.78, 5) is 0. The molecule has 0 spiro atoms. The molecule has 0 radical (unpaired) electrons. The number of hydrogen-bond donors (Lipinski definition) is 1. The second kappa shape index (κ2) is 6.27. The van der Waals surface area contributed by atoms with Crippen LogP contribution in [0.3, 0.4) is 0 Å². The van der Waals surface area contributed by atoms with Crippen molar-refractivity contribution in [1.29, 1.82) is 0 Å². The lowest BCUT2D eigenvalue weighted by Gasteiger charge is -2.25. The molecule has 0 amide bonds. The molecular formula is C16H20ClNO. The smallest absolute Gasteiger partial charge is 0.123 e. The summed E-state index contributed by atoms with van der Waals surface area (Å²) in [6.45, 7) is 4.29. The van der Waals surface area contributed by atoms with Crippen molar-refractivity contribution in [2.75, 3.05) is 13.1 Å². The predicted molar refractivity (Wildman–Crippen MR) is 82.5 cm³/mol. The Morgan fingerprint density at radius 3 is 2.58 bits per heavy atom. The predicted octanol–water partition coefficient (Wildman–Crippen LogP) is 3.70. The molecule has 3 heteroatoms. The molecule has 3 rings (SSSR count). The lowest BCUT2D eigenvalue weighted by molar-refractivity contribution is 0.161. The molecule has 2 aromatic carbocycles. The highest BCUT2D eigenvalue weighted by molar-refractivity contribution is 5.87. The Kier molecular flexibility index (Phi) is 4.67. The van der Waals surface area contributed by atoms with Gasteiger partial charge < -0.3 is 10.1 Å². The Hall–Kier alpha value is -1.25. The van der Waals surface area contributed by atoms with E-state index < -0.39 is 0 Å². The Morgan fingerprint density at radius 2 is 1.79 bits per heavy atom. The van der Waals surface area contributed by atoms with E-state index in [0.29, 0.717) is 6.10 Å². The topological polar surface area (TPSA) is 21.3 Å². The van der Waals surface area contributed by atoms with Crippen LogP contribution < -0.4 is 10.1 Å². The van der Waals surface area contributed by atoms with Crippen LogP contribution in [0.25, 0.3) is 10.8 Å². The molecule has 2 nitrogen and oxygen atoms in total. The fourth-order valence-corrected chi connectivity index (χ4v) is 2.63. The van der Waals surface area contributed by atoms with Gasteiger partial charge in [0.05, 0.1) is 0 Å². The highest BCUT2D eigenvalue weighted by Crippen LogP contribution is 2.28. The van der Waals surface area contributed by atoms with Crippen molar-refractivity contribution in [3.63, 3.8) is 0 Å². The first-order valence-corrected chi connectivity index (χ1v) is 6.70. The van der Waals surface area contributed by atoms with E-state index in [1.54, 1.807) is 0 Å². The minimum Gasteiger partial charge on any atom is -0.490 e. The van der Waals surface area contributed by atoms with Crippen molar-refractivity contribution in [1.82, 2.24) is 5.32 Å². The van der Waals surface area contributed by atoms with Crippen molar-refractivity contribution in [3.05, 3.63) is 42.0 Å². The van der Waals surface area contributed by atoms with Gasteiger partial charge in [0.15, 0.2) is 0 Å². The van der Waals surface area contributed by atoms with E-state index in [9.17, 15) is 0 Å². The Bertz CT molecular complexity index is 549. The van der Waals surface area contributed by atoms with Crippen molar-refractivity contribution in [3.8, 4) is 5.75 Å². The fraction of sp³-hybridized carbons (Fsp3) is 0.375. The van der Waals surface area contributed by atoms with Crippen molar-refractivity contribution < 1.29 is 4.74 Å². The van der Waals surface area contributed by atoms with Crippen LogP contribution in [-0.4, -0.2) is 19.2 Å². The van der Waals surface area contributed by atoms with Crippen molar-refractivity contribution in [2.24, 2.45) is 0 Å². The summed E-state index contributed by atoms with van der Waals surface area (Å²) in [7, 11) is 0. The largest absolute Gasteiger partial charge is 0.490 e. The van der Waals surface area contributed by atoms with Crippen LogP contribution in [0.4, 0.5) is 0 Å². The molecule has 19 heavy (non-hydrogen) atoms. The number of nitrogens with one attached hydrogen (secondary N) is 1. The Morgan fingerprint density at radius 1 is 1.05 bits per heavy atom. The molecule has 1 aliphatic rings. The normalized spacial score (nSPS) is 16.1. The highest BCUT2D eigenvalue weighted by Gasteiger charge is 2.15. The van der Waals surface area contributed by atoms with Gasteiger partial charge in [-0.1, -0.05) is 30.3 Å². The number of rotatable bonds is 2. The number of ether oxygens (including phenoxy) is 1. The van der Waals surface area contributed by atoms with Gasteiger partial charge in [0, 0.05) is 0 Å². The standard InChI is InChI=1S/C16H19NO.ClH/c1-12-15-5-3-2-4-13(15)6-7-16(12)18-14-8-10-17-11-9-14;/h2-7,14,17H,8-11H2,1H3;1H. The molecular weight excluding hydrogens is 258 g/mol. The lowest BCUT2D eigenvalue weighted by atomic mass is 10.0. The first kappa shape index (κ1) is 14.2. The van der Waals surface area contributed by atoms with Crippen LogP contribution in [0.2, 0.25) is 0 Å². The molecule has 0 bridgehead atoms. The van der Waals surface area contributed by atoms with Crippen LogP contribution in [0.5, 0.6) is 5.75 Å². The summed E-state index contributed by atoms with van der Waals surface area (Å²) in [5.41, 5.74) is 1.26. The summed E-state index contributed by atoms with van der Waals surface area (Å²) in [6, 6.07) is 12.7. The lowest BCUT2D eigenvalue weighted by Crippen LogP contribution is -2.34. The average molecular weight is 278 g/mol. The van der Waals surface area contributed by atoms with E-state index in [4.69, 9.17) is 4.74 Å². The monoisotopic (exact) mass is 277 g/mol. The third kappa shape index (κ3) is 3.02. The zero-order chi connectivity index (χ0) is 12.4. The van der Waals surface area contributed by atoms with E-state index in [2.05, 4.69) is 48.6 Å². The minimum absolute atomic E-state index is 0. The van der Waals surface area contributed by atoms with Gasteiger partial charge in [0.25, 0.3) is 0 Å². The van der Waals surface area contributed by atoms with E-state index in [-0.39, 0.29) is 12.4 Å². The molecule has 1 N–H and O–H groups in total. The molecule has 1 saturated heterocycles. The average Bonchev–Trinajstić information content (AvgIpc) is 2.43. The van der Waals surface area contributed by atoms with Gasteiger partial charge in [-0.05, 0) is 55.3 Å². The van der Waals surface area contributed by atoms with Gasteiger partial charge in [-0.25, -0.2) is 0 Å². The second-order valence-corrected chi connectivity index (χ2v) is 4.98. The first-order chi connectivity index (χ1) is 8.84. The van der Waals surface area contributed by atoms with Crippen molar-refractivity contribution >= 4 is 23.2 Å². The fourth-order valence-electron chi connectivity index (χ4n) is 2.63. The zero-order valence-corrected chi connectivity index (χ0v) is 12.0. The highest BCUT2D eigenvalue weighted by atomic mass is 35.5. The van der Waals surface area contributed by atoms with E-state index in [0.717, 1.165) is 31.7 Å². The van der Waals surface area contributed by atoms with Gasteiger partial charge in [-0.3, -0.25) is 0 Å². The molecule has 1 heterocycles. The molecule has 102 valence electrons. The molecule has 0 saturated carbocycles. The van der Waals surface area contributed by atoms with E-state index >= 15 is 0 Å². The maximum absolute atomic E-state index is 6.15. The summed E-state index contributed by atoms with van der Waals surface area (Å²) < 4.78 is 6.15. The Labute approximate surface area is 120 Å².